The fourth-order valence-electron chi connectivity index (χ4n) is 2.11. The number of carbonyl (C=O) groups excluding carboxylic acids is 1. The van der Waals surface area contributed by atoms with E-state index in [4.69, 9.17) is 9.47 Å². The van der Waals surface area contributed by atoms with Gasteiger partial charge in [-0.3, -0.25) is 4.79 Å². The lowest BCUT2D eigenvalue weighted by molar-refractivity contribution is -0.127. The Morgan fingerprint density at radius 3 is 2.75 bits per heavy atom. The molecular formula is C15H21NO3S. The maximum absolute atomic E-state index is 11.8. The molecule has 0 saturated carbocycles. The van der Waals surface area contributed by atoms with Gasteiger partial charge in [-0.1, -0.05) is 6.07 Å². The van der Waals surface area contributed by atoms with Crippen LogP contribution >= 0.6 is 11.8 Å². The van der Waals surface area contributed by atoms with E-state index < -0.39 is 0 Å². The van der Waals surface area contributed by atoms with Crippen molar-refractivity contribution in [3.8, 4) is 11.5 Å². The summed E-state index contributed by atoms with van der Waals surface area (Å²) in [5.41, 5.74) is 1.22. The van der Waals surface area contributed by atoms with Crippen LogP contribution in [-0.4, -0.2) is 42.2 Å². The quantitative estimate of drug-likeness (QED) is 0.725. The van der Waals surface area contributed by atoms with E-state index in [1.165, 1.54) is 5.56 Å². The smallest absolute Gasteiger partial charge is 0.232 e. The minimum atomic E-state index is 0.227. The van der Waals surface area contributed by atoms with E-state index in [2.05, 4.69) is 6.07 Å². The van der Waals surface area contributed by atoms with E-state index in [-0.39, 0.29) is 5.91 Å². The lowest BCUT2D eigenvalue weighted by Gasteiger charge is -2.18. The molecule has 0 spiro atoms. The zero-order valence-electron chi connectivity index (χ0n) is 12.1. The van der Waals surface area contributed by atoms with Gasteiger partial charge in [0.25, 0.3) is 0 Å². The molecule has 110 valence electrons. The molecule has 0 fully saturated rings. The highest BCUT2D eigenvalue weighted by Gasteiger charge is 2.13. The zero-order valence-corrected chi connectivity index (χ0v) is 12.9. The first-order valence-corrected chi connectivity index (χ1v) is 8.14. The molecule has 20 heavy (non-hydrogen) atoms. The first-order valence-electron chi connectivity index (χ1n) is 6.98. The van der Waals surface area contributed by atoms with Crippen LogP contribution in [0.4, 0.5) is 0 Å². The van der Waals surface area contributed by atoms with Gasteiger partial charge in [-0.2, -0.15) is 11.8 Å². The number of aryl methyl sites for hydroxylation is 1. The predicted molar refractivity (Wildman–Crippen MR) is 81.5 cm³/mol. The Labute approximate surface area is 124 Å². The molecule has 1 aliphatic heterocycles. The summed E-state index contributed by atoms with van der Waals surface area (Å²) in [5.74, 6) is 3.37. The molecule has 5 heteroatoms. The third-order valence-corrected chi connectivity index (χ3v) is 4.26. The van der Waals surface area contributed by atoms with E-state index in [0.29, 0.717) is 12.5 Å². The highest BCUT2D eigenvalue weighted by molar-refractivity contribution is 7.99. The monoisotopic (exact) mass is 295 g/mol. The number of amides is 1. The van der Waals surface area contributed by atoms with Gasteiger partial charge < -0.3 is 14.4 Å². The third kappa shape index (κ3) is 3.82. The maximum Gasteiger partial charge on any atom is 0.232 e. The summed E-state index contributed by atoms with van der Waals surface area (Å²) in [7, 11) is 0. The van der Waals surface area contributed by atoms with Crippen molar-refractivity contribution < 1.29 is 14.3 Å². The van der Waals surface area contributed by atoms with Gasteiger partial charge >= 0.3 is 0 Å². The number of rotatable bonds is 7. The second-order valence-corrected chi connectivity index (χ2v) is 5.66. The molecule has 0 radical (unpaired) electrons. The van der Waals surface area contributed by atoms with Crippen LogP contribution in [0.25, 0.3) is 0 Å². The van der Waals surface area contributed by atoms with Crippen molar-refractivity contribution in [2.24, 2.45) is 0 Å². The van der Waals surface area contributed by atoms with Crippen molar-refractivity contribution in [2.45, 2.75) is 20.3 Å². The SMILES string of the molecule is CCN(CC)C(=O)CSCCc1ccc2c(c1)OCO2. The van der Waals surface area contributed by atoms with Crippen molar-refractivity contribution in [3.05, 3.63) is 23.8 Å². The van der Waals surface area contributed by atoms with Crippen molar-refractivity contribution in [1.82, 2.24) is 4.90 Å². The Morgan fingerprint density at radius 2 is 2.00 bits per heavy atom. The maximum atomic E-state index is 11.8. The summed E-state index contributed by atoms with van der Waals surface area (Å²) >= 11 is 1.69. The Bertz CT molecular complexity index is 460. The van der Waals surface area contributed by atoms with E-state index in [9.17, 15) is 4.79 Å². The van der Waals surface area contributed by atoms with E-state index >= 15 is 0 Å². The Kier molecular flexibility index (Phi) is 5.59. The van der Waals surface area contributed by atoms with Crippen molar-refractivity contribution in [1.29, 1.82) is 0 Å². The molecule has 1 aliphatic rings. The fourth-order valence-corrected chi connectivity index (χ4v) is 3.00. The first kappa shape index (κ1) is 15.0. The summed E-state index contributed by atoms with van der Waals surface area (Å²) in [5, 5.41) is 0. The molecule has 1 heterocycles. The van der Waals surface area contributed by atoms with Crippen LogP contribution in [0.3, 0.4) is 0 Å². The molecule has 4 nitrogen and oxygen atoms in total. The van der Waals surface area contributed by atoms with Gasteiger partial charge in [0.2, 0.25) is 12.7 Å². The summed E-state index contributed by atoms with van der Waals surface area (Å²) in [6.45, 7) is 5.92. The van der Waals surface area contributed by atoms with Gasteiger partial charge in [0.05, 0.1) is 5.75 Å². The lowest BCUT2D eigenvalue weighted by Crippen LogP contribution is -2.32. The number of carbonyl (C=O) groups is 1. The van der Waals surface area contributed by atoms with Gasteiger partial charge in [0.1, 0.15) is 0 Å². The van der Waals surface area contributed by atoms with Gasteiger partial charge in [-0.15, -0.1) is 0 Å². The minimum absolute atomic E-state index is 0.227. The summed E-state index contributed by atoms with van der Waals surface area (Å²) in [6, 6.07) is 6.03. The Hall–Kier alpha value is -1.36. The number of hydrogen-bond donors (Lipinski definition) is 0. The molecule has 1 aromatic carbocycles. The normalized spacial score (nSPS) is 12.5. The predicted octanol–water partition coefficient (Wildman–Crippen LogP) is 2.56. The average molecular weight is 295 g/mol. The van der Waals surface area contributed by atoms with Crippen molar-refractivity contribution in [3.63, 3.8) is 0 Å². The van der Waals surface area contributed by atoms with Gasteiger partial charge in [-0.25, -0.2) is 0 Å². The summed E-state index contributed by atoms with van der Waals surface area (Å²) in [4.78, 5) is 13.7. The topological polar surface area (TPSA) is 38.8 Å². The average Bonchev–Trinajstić information content (AvgIpc) is 2.92. The minimum Gasteiger partial charge on any atom is -0.454 e. The zero-order chi connectivity index (χ0) is 14.4. The third-order valence-electron chi connectivity index (χ3n) is 3.31. The molecule has 0 bridgehead atoms. The fraction of sp³-hybridized carbons (Fsp3) is 0.533. The van der Waals surface area contributed by atoms with Crippen LogP contribution < -0.4 is 9.47 Å². The number of hydrogen-bond acceptors (Lipinski definition) is 4. The molecule has 1 aromatic rings. The van der Waals surface area contributed by atoms with Crippen molar-refractivity contribution in [2.75, 3.05) is 31.4 Å². The van der Waals surface area contributed by atoms with Gasteiger partial charge in [0, 0.05) is 13.1 Å². The standard InChI is InChI=1S/C15H21NO3S/c1-3-16(4-2)15(17)10-20-8-7-12-5-6-13-14(9-12)19-11-18-13/h5-6,9H,3-4,7-8,10-11H2,1-2H3. The molecule has 0 atom stereocenters. The number of ether oxygens (including phenoxy) is 2. The molecule has 0 unspecified atom stereocenters. The molecule has 0 aliphatic carbocycles. The van der Waals surface area contributed by atoms with E-state index in [0.717, 1.165) is 36.8 Å². The Balaban J connectivity index is 1.72. The molecule has 1 amide bonds. The molecule has 2 rings (SSSR count). The molecular weight excluding hydrogens is 274 g/mol. The van der Waals surface area contributed by atoms with Crippen LogP contribution in [-0.2, 0) is 11.2 Å². The van der Waals surface area contributed by atoms with Crippen LogP contribution in [0.15, 0.2) is 18.2 Å². The highest BCUT2D eigenvalue weighted by atomic mass is 32.2. The van der Waals surface area contributed by atoms with E-state index in [1.807, 2.05) is 30.9 Å². The molecule has 0 saturated heterocycles. The second-order valence-electron chi connectivity index (χ2n) is 4.56. The first-order chi connectivity index (χ1) is 9.74. The van der Waals surface area contributed by atoms with Crippen LogP contribution in [0.2, 0.25) is 0 Å². The number of fused-ring (bicyclic) bond motifs is 1. The summed E-state index contributed by atoms with van der Waals surface area (Å²) < 4.78 is 10.6. The second kappa shape index (κ2) is 7.43. The summed E-state index contributed by atoms with van der Waals surface area (Å²) in [6.07, 6.45) is 0.937. The van der Waals surface area contributed by atoms with Crippen molar-refractivity contribution >= 4 is 17.7 Å². The number of nitrogens with zero attached hydrogens (tertiary/aromatic N) is 1. The van der Waals surface area contributed by atoms with Crippen LogP contribution in [0.5, 0.6) is 11.5 Å². The number of benzene rings is 1. The lowest BCUT2D eigenvalue weighted by atomic mass is 10.1. The number of thioether (sulfide) groups is 1. The van der Waals surface area contributed by atoms with Crippen LogP contribution in [0, 0.1) is 0 Å². The van der Waals surface area contributed by atoms with Gasteiger partial charge in [0.15, 0.2) is 11.5 Å². The highest BCUT2D eigenvalue weighted by Crippen LogP contribution is 2.32. The van der Waals surface area contributed by atoms with E-state index in [1.54, 1.807) is 11.8 Å². The van der Waals surface area contributed by atoms with Crippen LogP contribution in [0.1, 0.15) is 19.4 Å². The molecule has 0 N–H and O–H groups in total. The largest absolute Gasteiger partial charge is 0.454 e. The van der Waals surface area contributed by atoms with Gasteiger partial charge in [-0.05, 0) is 43.7 Å². The molecule has 0 aromatic heterocycles. The Morgan fingerprint density at radius 1 is 1.25 bits per heavy atom.